The van der Waals surface area contributed by atoms with Gasteiger partial charge in [-0.25, -0.2) is 4.79 Å². The summed E-state index contributed by atoms with van der Waals surface area (Å²) >= 11 is 0. The van der Waals surface area contributed by atoms with Crippen molar-refractivity contribution in [1.82, 2.24) is 10.2 Å². The quantitative estimate of drug-likeness (QED) is 0.678. The maximum atomic E-state index is 12.0. The Morgan fingerprint density at radius 3 is 2.42 bits per heavy atom. The van der Waals surface area contributed by atoms with Gasteiger partial charge in [0.05, 0.1) is 5.41 Å². The van der Waals surface area contributed by atoms with Crippen LogP contribution in [-0.2, 0) is 9.59 Å². The Bertz CT molecular complexity index is 408. The highest BCUT2D eigenvalue weighted by atomic mass is 16.4. The minimum absolute atomic E-state index is 0.128. The lowest BCUT2D eigenvalue weighted by Crippen LogP contribution is -2.59. The van der Waals surface area contributed by atoms with Crippen molar-refractivity contribution in [3.05, 3.63) is 0 Å². The minimum Gasteiger partial charge on any atom is -0.481 e. The molecule has 19 heavy (non-hydrogen) atoms. The van der Waals surface area contributed by atoms with Crippen LogP contribution in [0.4, 0.5) is 4.79 Å². The lowest BCUT2D eigenvalue weighted by Gasteiger charge is -2.38. The van der Waals surface area contributed by atoms with Crippen LogP contribution >= 0.6 is 0 Å². The van der Waals surface area contributed by atoms with E-state index in [1.165, 1.54) is 18.7 Å². The summed E-state index contributed by atoms with van der Waals surface area (Å²) in [5, 5.41) is 11.7. The molecule has 0 aromatic carbocycles. The molecule has 1 aliphatic heterocycles. The number of hydrogen-bond donors (Lipinski definition) is 3. The number of nitrogens with two attached hydrogens (primary N) is 1. The van der Waals surface area contributed by atoms with Gasteiger partial charge in [-0.1, -0.05) is 0 Å². The van der Waals surface area contributed by atoms with E-state index >= 15 is 0 Å². The molecule has 1 heterocycles. The van der Waals surface area contributed by atoms with Crippen LogP contribution in [0.5, 0.6) is 0 Å². The Balaban J connectivity index is 2.73. The molecule has 1 unspecified atom stereocenters. The van der Waals surface area contributed by atoms with Gasteiger partial charge in [0.25, 0.3) is 0 Å². The van der Waals surface area contributed by atoms with Crippen LogP contribution < -0.4 is 11.1 Å². The fourth-order valence-electron chi connectivity index (χ4n) is 2.00. The van der Waals surface area contributed by atoms with Crippen molar-refractivity contribution in [2.45, 2.75) is 39.2 Å². The number of carbonyl (C=O) groups is 3. The molecule has 1 saturated heterocycles. The van der Waals surface area contributed by atoms with E-state index in [0.717, 1.165) is 0 Å². The number of carboxylic acids is 1. The third kappa shape index (κ3) is 3.36. The molecule has 0 radical (unpaired) electrons. The fourth-order valence-corrected chi connectivity index (χ4v) is 2.00. The van der Waals surface area contributed by atoms with Gasteiger partial charge < -0.3 is 21.1 Å². The number of likely N-dealkylation sites (tertiary alicyclic amines) is 1. The zero-order valence-electron chi connectivity index (χ0n) is 11.5. The van der Waals surface area contributed by atoms with Crippen LogP contribution in [0.25, 0.3) is 0 Å². The summed E-state index contributed by atoms with van der Waals surface area (Å²) in [6.45, 7) is 5.24. The van der Waals surface area contributed by atoms with Crippen molar-refractivity contribution in [1.29, 1.82) is 0 Å². The zero-order valence-corrected chi connectivity index (χ0v) is 11.5. The van der Waals surface area contributed by atoms with Crippen molar-refractivity contribution in [2.75, 3.05) is 13.1 Å². The number of nitrogens with zero attached hydrogens (tertiary/aromatic N) is 1. The lowest BCUT2D eigenvalue weighted by atomic mass is 9.82. The Kier molecular flexibility index (Phi) is 4.07. The molecule has 0 saturated carbocycles. The second-order valence-electron chi connectivity index (χ2n) is 5.81. The number of amides is 3. The highest BCUT2D eigenvalue weighted by Crippen LogP contribution is 2.29. The average molecular weight is 271 g/mol. The van der Waals surface area contributed by atoms with Gasteiger partial charge in [-0.2, -0.15) is 0 Å². The minimum atomic E-state index is -1.16. The van der Waals surface area contributed by atoms with Crippen molar-refractivity contribution in [3.8, 4) is 0 Å². The lowest BCUT2D eigenvalue weighted by molar-refractivity contribution is -0.150. The second-order valence-corrected chi connectivity index (χ2v) is 5.81. The SMILES string of the molecule is CC1(C(=O)O)CCCN(C(=O)NC(C)(C)C(N)=O)C1. The molecule has 0 spiro atoms. The van der Waals surface area contributed by atoms with Gasteiger partial charge in [0.1, 0.15) is 5.54 Å². The van der Waals surface area contributed by atoms with Gasteiger partial charge in [-0.15, -0.1) is 0 Å². The first kappa shape index (κ1) is 15.3. The molecule has 1 fully saturated rings. The first-order valence-corrected chi connectivity index (χ1v) is 6.19. The number of nitrogens with one attached hydrogen (secondary N) is 1. The van der Waals surface area contributed by atoms with E-state index in [1.807, 2.05) is 0 Å². The maximum absolute atomic E-state index is 12.0. The molecule has 0 aliphatic carbocycles. The Morgan fingerprint density at radius 1 is 1.37 bits per heavy atom. The fraction of sp³-hybridized carbons (Fsp3) is 0.750. The average Bonchev–Trinajstić information content (AvgIpc) is 2.28. The third-order valence-electron chi connectivity index (χ3n) is 3.54. The molecular weight excluding hydrogens is 250 g/mol. The van der Waals surface area contributed by atoms with Crippen molar-refractivity contribution < 1.29 is 19.5 Å². The first-order chi connectivity index (χ1) is 8.58. The normalized spacial score (nSPS) is 23.8. The number of primary amides is 1. The monoisotopic (exact) mass is 271 g/mol. The van der Waals surface area contributed by atoms with E-state index in [2.05, 4.69) is 5.32 Å². The van der Waals surface area contributed by atoms with Crippen molar-refractivity contribution in [3.63, 3.8) is 0 Å². The van der Waals surface area contributed by atoms with E-state index in [4.69, 9.17) is 5.73 Å². The molecule has 0 bridgehead atoms. The van der Waals surface area contributed by atoms with E-state index < -0.39 is 28.9 Å². The van der Waals surface area contributed by atoms with E-state index in [9.17, 15) is 19.5 Å². The number of rotatable bonds is 3. The summed E-state index contributed by atoms with van der Waals surface area (Å²) in [7, 11) is 0. The predicted molar refractivity (Wildman–Crippen MR) is 68.4 cm³/mol. The van der Waals surface area contributed by atoms with Gasteiger partial charge in [-0.05, 0) is 33.6 Å². The molecule has 1 aliphatic rings. The summed E-state index contributed by atoms with van der Waals surface area (Å²) in [6.07, 6.45) is 1.15. The van der Waals surface area contributed by atoms with Crippen LogP contribution in [0.15, 0.2) is 0 Å². The number of piperidine rings is 1. The molecule has 0 aromatic rings. The number of carbonyl (C=O) groups excluding carboxylic acids is 2. The molecule has 3 amide bonds. The molecule has 7 nitrogen and oxygen atoms in total. The standard InChI is InChI=1S/C12H21N3O4/c1-11(2,8(13)16)14-10(19)15-6-4-5-12(3,7-15)9(17)18/h4-7H2,1-3H3,(H2,13,16)(H,14,19)(H,17,18). The summed E-state index contributed by atoms with van der Waals surface area (Å²) in [5.41, 5.74) is 3.09. The van der Waals surface area contributed by atoms with E-state index in [-0.39, 0.29) is 6.54 Å². The van der Waals surface area contributed by atoms with Crippen molar-refractivity contribution >= 4 is 17.9 Å². The van der Waals surface area contributed by atoms with Crippen molar-refractivity contribution in [2.24, 2.45) is 11.1 Å². The zero-order chi connectivity index (χ0) is 14.8. The highest BCUT2D eigenvalue weighted by molar-refractivity contribution is 5.89. The molecule has 1 rings (SSSR count). The molecule has 4 N–H and O–H groups in total. The van der Waals surface area contributed by atoms with E-state index in [0.29, 0.717) is 19.4 Å². The Hall–Kier alpha value is -1.79. The Morgan fingerprint density at radius 2 is 1.95 bits per heavy atom. The van der Waals surface area contributed by atoms with E-state index in [1.54, 1.807) is 6.92 Å². The first-order valence-electron chi connectivity index (χ1n) is 6.19. The number of carboxylic acid groups (broad SMARTS) is 1. The number of urea groups is 1. The van der Waals surface area contributed by atoms with Gasteiger partial charge >= 0.3 is 12.0 Å². The van der Waals surface area contributed by atoms with Gasteiger partial charge in [0, 0.05) is 13.1 Å². The summed E-state index contributed by atoms with van der Waals surface area (Å²) in [5.74, 6) is -1.56. The van der Waals surface area contributed by atoms with Crippen LogP contribution in [0.3, 0.4) is 0 Å². The highest BCUT2D eigenvalue weighted by Gasteiger charge is 2.40. The smallest absolute Gasteiger partial charge is 0.318 e. The number of aliphatic carboxylic acids is 1. The van der Waals surface area contributed by atoms with Crippen LogP contribution in [0.1, 0.15) is 33.6 Å². The topological polar surface area (TPSA) is 113 Å². The largest absolute Gasteiger partial charge is 0.481 e. The molecule has 0 aromatic heterocycles. The maximum Gasteiger partial charge on any atom is 0.318 e. The molecule has 108 valence electrons. The van der Waals surface area contributed by atoms with Crippen LogP contribution in [0.2, 0.25) is 0 Å². The molecule has 1 atom stereocenters. The molecule has 7 heteroatoms. The summed E-state index contributed by atoms with van der Waals surface area (Å²) in [6, 6.07) is -0.462. The second kappa shape index (κ2) is 5.07. The van der Waals surface area contributed by atoms with Crippen LogP contribution in [0, 0.1) is 5.41 Å². The van der Waals surface area contributed by atoms with Crippen LogP contribution in [-0.4, -0.2) is 46.5 Å². The summed E-state index contributed by atoms with van der Waals surface area (Å²) < 4.78 is 0. The van der Waals surface area contributed by atoms with Gasteiger partial charge in [0.15, 0.2) is 0 Å². The molecular formula is C12H21N3O4. The Labute approximate surface area is 112 Å². The van der Waals surface area contributed by atoms with Gasteiger partial charge in [0.2, 0.25) is 5.91 Å². The van der Waals surface area contributed by atoms with Gasteiger partial charge in [-0.3, -0.25) is 9.59 Å². The number of hydrogen-bond acceptors (Lipinski definition) is 3. The summed E-state index contributed by atoms with van der Waals surface area (Å²) in [4.78, 5) is 35.8. The predicted octanol–water partition coefficient (Wildman–Crippen LogP) is 0.147. The third-order valence-corrected chi connectivity index (χ3v) is 3.54.